The first-order valence-electron chi connectivity index (χ1n) is 14.1. The molecule has 3 aromatic carbocycles. The molecule has 14 heteroatoms. The molecule has 4 aromatic rings. The molecule has 4 amide bonds. The van der Waals surface area contributed by atoms with Crippen LogP contribution in [0, 0.1) is 0 Å². The molecule has 0 aliphatic carbocycles. The number of hydrogen-bond acceptors (Lipinski definition) is 10. The third-order valence-corrected chi connectivity index (χ3v) is 8.05. The van der Waals surface area contributed by atoms with Gasteiger partial charge in [0, 0.05) is 36.1 Å². The summed E-state index contributed by atoms with van der Waals surface area (Å²) in [6.07, 6.45) is 0. The van der Waals surface area contributed by atoms with Crippen molar-refractivity contribution in [3.05, 3.63) is 95.6 Å². The zero-order valence-electron chi connectivity index (χ0n) is 24.7. The molecule has 230 valence electrons. The van der Waals surface area contributed by atoms with Gasteiger partial charge in [0.15, 0.2) is 6.73 Å². The summed E-state index contributed by atoms with van der Waals surface area (Å²) in [5.74, 6) is -2.49. The van der Waals surface area contributed by atoms with E-state index < -0.39 is 36.5 Å². The van der Waals surface area contributed by atoms with Gasteiger partial charge in [-0.05, 0) is 73.7 Å². The fourth-order valence-corrected chi connectivity index (χ4v) is 5.60. The summed E-state index contributed by atoms with van der Waals surface area (Å²) in [7, 11) is 0. The van der Waals surface area contributed by atoms with Gasteiger partial charge in [-0.1, -0.05) is 36.4 Å². The van der Waals surface area contributed by atoms with Gasteiger partial charge in [-0.2, -0.15) is 4.68 Å². The number of aromatic nitrogens is 4. The summed E-state index contributed by atoms with van der Waals surface area (Å²) < 4.78 is 6.79. The smallest absolute Gasteiger partial charge is 0.330 e. The lowest BCUT2D eigenvalue weighted by Crippen LogP contribution is -2.45. The highest BCUT2D eigenvalue weighted by Crippen LogP contribution is 2.27. The Morgan fingerprint density at radius 2 is 1.53 bits per heavy atom. The normalized spacial score (nSPS) is 12.9. The maximum absolute atomic E-state index is 13.9. The first-order valence-corrected chi connectivity index (χ1v) is 14.9. The largest absolute Gasteiger partial charge is 0.442 e. The van der Waals surface area contributed by atoms with Crippen molar-refractivity contribution in [2.45, 2.75) is 32.0 Å². The number of imide groups is 1. The van der Waals surface area contributed by atoms with E-state index in [4.69, 9.17) is 4.74 Å². The van der Waals surface area contributed by atoms with Crippen molar-refractivity contribution in [2.24, 2.45) is 0 Å². The van der Waals surface area contributed by atoms with E-state index in [0.29, 0.717) is 30.0 Å². The van der Waals surface area contributed by atoms with Crippen molar-refractivity contribution < 1.29 is 28.7 Å². The number of benzene rings is 3. The molecule has 2 heterocycles. The van der Waals surface area contributed by atoms with Crippen LogP contribution in [0.15, 0.2) is 84.0 Å². The molecule has 13 nitrogen and oxygen atoms in total. The number of fused-ring (bicyclic) bond motifs is 1. The van der Waals surface area contributed by atoms with Crippen molar-refractivity contribution in [3.63, 3.8) is 0 Å². The fraction of sp³-hybridized carbons (Fsp3) is 0.226. The number of amides is 4. The Bertz CT molecular complexity index is 1720. The minimum atomic E-state index is -1.19. The maximum Gasteiger partial charge on any atom is 0.330 e. The Hall–Kier alpha value is -5.37. The summed E-state index contributed by atoms with van der Waals surface area (Å²) in [6.45, 7) is 5.67. The van der Waals surface area contributed by atoms with E-state index in [2.05, 4.69) is 15.5 Å². The molecule has 0 saturated heterocycles. The quantitative estimate of drug-likeness (QED) is 0.143. The topological polar surface area (TPSA) is 148 Å². The van der Waals surface area contributed by atoms with Gasteiger partial charge in [0.25, 0.3) is 23.0 Å². The van der Waals surface area contributed by atoms with Gasteiger partial charge in [-0.25, -0.2) is 9.69 Å². The van der Waals surface area contributed by atoms with Gasteiger partial charge in [-0.15, -0.1) is 5.10 Å². The summed E-state index contributed by atoms with van der Waals surface area (Å²) in [6, 6.07) is 20.2. The van der Waals surface area contributed by atoms with Crippen LogP contribution in [0.2, 0.25) is 0 Å². The van der Waals surface area contributed by atoms with E-state index in [1.54, 1.807) is 71.6 Å². The number of carbonyl (C=O) groups excluding carboxylic acids is 5. The number of thioether (sulfide) groups is 1. The SMILES string of the molecule is CCN(CC)C(=O)Sc1nnnn1-c1cccc(N(C(=O)c2ccccc2)C(C)C(=O)OCN2C(=O)c3ccccc3C2=O)c1. The van der Waals surface area contributed by atoms with Crippen molar-refractivity contribution in [1.82, 2.24) is 30.0 Å². The fourth-order valence-electron chi connectivity index (χ4n) is 4.75. The number of nitrogens with zero attached hydrogens (tertiary/aromatic N) is 7. The lowest BCUT2D eigenvalue weighted by Gasteiger charge is -2.29. The van der Waals surface area contributed by atoms with E-state index >= 15 is 0 Å². The number of ether oxygens (including phenoxy) is 1. The van der Waals surface area contributed by atoms with Crippen LogP contribution in [0.1, 0.15) is 51.8 Å². The third-order valence-electron chi connectivity index (χ3n) is 7.18. The van der Waals surface area contributed by atoms with Gasteiger partial charge < -0.3 is 9.64 Å². The van der Waals surface area contributed by atoms with Gasteiger partial charge in [0.05, 0.1) is 16.8 Å². The van der Waals surface area contributed by atoms with Crippen LogP contribution in [0.5, 0.6) is 0 Å². The van der Waals surface area contributed by atoms with Crippen molar-refractivity contribution in [1.29, 1.82) is 0 Å². The van der Waals surface area contributed by atoms with Crippen LogP contribution in [-0.2, 0) is 9.53 Å². The Kier molecular flexibility index (Phi) is 9.33. The molecule has 0 N–H and O–H groups in total. The number of esters is 1. The minimum absolute atomic E-state index is 0.220. The molecule has 0 fully saturated rings. The summed E-state index contributed by atoms with van der Waals surface area (Å²) in [5, 5.41) is 11.8. The minimum Gasteiger partial charge on any atom is -0.442 e. The molecular formula is C31H29N7O6S. The lowest BCUT2D eigenvalue weighted by atomic mass is 10.1. The lowest BCUT2D eigenvalue weighted by molar-refractivity contribution is -0.147. The van der Waals surface area contributed by atoms with Gasteiger partial charge in [0.1, 0.15) is 6.04 Å². The Morgan fingerprint density at radius 1 is 0.889 bits per heavy atom. The molecule has 45 heavy (non-hydrogen) atoms. The van der Waals surface area contributed by atoms with Crippen molar-refractivity contribution >= 4 is 46.4 Å². The van der Waals surface area contributed by atoms with Gasteiger partial charge in [0.2, 0.25) is 5.16 Å². The second-order valence-corrected chi connectivity index (χ2v) is 10.7. The highest BCUT2D eigenvalue weighted by atomic mass is 32.2. The van der Waals surface area contributed by atoms with Gasteiger partial charge in [-0.3, -0.25) is 24.1 Å². The molecule has 0 saturated carbocycles. The molecule has 1 aliphatic rings. The number of hydrogen-bond donors (Lipinski definition) is 0. The molecule has 1 aromatic heterocycles. The average molecular weight is 628 g/mol. The summed E-state index contributed by atoms with van der Waals surface area (Å²) >= 11 is 0.872. The molecule has 0 bridgehead atoms. The van der Waals surface area contributed by atoms with E-state index in [-0.39, 0.29) is 21.5 Å². The van der Waals surface area contributed by atoms with Crippen LogP contribution in [0.25, 0.3) is 5.69 Å². The predicted octanol–water partition coefficient (Wildman–Crippen LogP) is 4.05. The van der Waals surface area contributed by atoms with Crippen LogP contribution in [0.4, 0.5) is 10.5 Å². The number of carbonyl (C=O) groups is 5. The number of tetrazole rings is 1. The van der Waals surface area contributed by atoms with Crippen LogP contribution in [0.3, 0.4) is 0 Å². The molecule has 5 rings (SSSR count). The Labute approximate surface area is 262 Å². The van der Waals surface area contributed by atoms with E-state index in [0.717, 1.165) is 16.7 Å². The van der Waals surface area contributed by atoms with Crippen molar-refractivity contribution in [3.8, 4) is 5.69 Å². The number of anilines is 1. The second kappa shape index (κ2) is 13.5. The van der Waals surface area contributed by atoms with E-state index in [9.17, 15) is 24.0 Å². The first-order chi connectivity index (χ1) is 21.7. The van der Waals surface area contributed by atoms with Crippen molar-refractivity contribution in [2.75, 3.05) is 24.7 Å². The zero-order valence-corrected chi connectivity index (χ0v) is 25.5. The standard InChI is InChI=1S/C31H29N7O6S/c1-4-35(5-2)31(43)45-30-32-33-34-38(30)23-15-11-14-22(18-23)37(26(39)21-12-7-6-8-13-21)20(3)29(42)44-19-36-27(40)24-16-9-10-17-25(24)28(36)41/h6-18,20H,4-5,19H2,1-3H3. The highest BCUT2D eigenvalue weighted by molar-refractivity contribution is 8.13. The van der Waals surface area contributed by atoms with E-state index in [1.165, 1.54) is 28.6 Å². The van der Waals surface area contributed by atoms with Crippen LogP contribution in [-0.4, -0.2) is 84.8 Å². The third kappa shape index (κ3) is 6.31. The first kappa shape index (κ1) is 31.1. The molecular weight excluding hydrogens is 598 g/mol. The molecule has 0 radical (unpaired) electrons. The molecule has 1 unspecified atom stereocenters. The summed E-state index contributed by atoms with van der Waals surface area (Å²) in [4.78, 5) is 69.2. The van der Waals surface area contributed by atoms with Gasteiger partial charge >= 0.3 is 5.97 Å². The average Bonchev–Trinajstić information content (AvgIpc) is 3.62. The molecule has 0 spiro atoms. The van der Waals surface area contributed by atoms with Crippen LogP contribution < -0.4 is 4.90 Å². The maximum atomic E-state index is 13.9. The zero-order chi connectivity index (χ0) is 32.1. The Morgan fingerprint density at radius 3 is 2.18 bits per heavy atom. The highest BCUT2D eigenvalue weighted by Gasteiger charge is 2.37. The molecule has 1 atom stereocenters. The van der Waals surface area contributed by atoms with E-state index in [1.807, 2.05) is 13.8 Å². The molecule has 1 aliphatic heterocycles. The summed E-state index contributed by atoms with van der Waals surface area (Å²) in [5.41, 5.74) is 1.51. The number of rotatable bonds is 10. The monoisotopic (exact) mass is 627 g/mol. The predicted molar refractivity (Wildman–Crippen MR) is 164 cm³/mol. The second-order valence-electron chi connectivity index (χ2n) is 9.83. The van der Waals surface area contributed by atoms with Crippen LogP contribution >= 0.6 is 11.8 Å². The Balaban J connectivity index is 1.41.